The molecule has 2 aromatic rings. The number of nitrogens with zero attached hydrogens (tertiary/aromatic N) is 6. The summed E-state index contributed by atoms with van der Waals surface area (Å²) in [6, 6.07) is 10.9. The first-order valence-electron chi connectivity index (χ1n) is 12.6. The monoisotopic (exact) mass is 467 g/mol. The number of hydrogen-bond donors (Lipinski definition) is 1. The number of morpholine rings is 2. The summed E-state index contributed by atoms with van der Waals surface area (Å²) in [6.07, 6.45) is 0. The minimum atomic E-state index is 0.725. The van der Waals surface area contributed by atoms with Crippen LogP contribution in [0, 0.1) is 6.92 Å². The normalized spacial score (nSPS) is 20.0. The van der Waals surface area contributed by atoms with Crippen molar-refractivity contribution in [2.75, 3.05) is 112 Å². The number of hydrogen-bond acceptors (Lipinski definition) is 9. The summed E-state index contributed by atoms with van der Waals surface area (Å²) in [4.78, 5) is 19.4. The molecule has 5 rings (SSSR count). The van der Waals surface area contributed by atoms with Crippen molar-refractivity contribution in [1.29, 1.82) is 0 Å². The van der Waals surface area contributed by atoms with Gasteiger partial charge in [-0.05, 0) is 19.1 Å². The smallest absolute Gasteiger partial charge is 0.229 e. The van der Waals surface area contributed by atoms with Gasteiger partial charge in [0.05, 0.1) is 26.4 Å². The summed E-state index contributed by atoms with van der Waals surface area (Å²) in [5.74, 6) is 2.71. The van der Waals surface area contributed by atoms with Crippen molar-refractivity contribution in [3.8, 4) is 0 Å². The molecule has 3 aliphatic rings. The molecule has 3 aliphatic heterocycles. The zero-order chi connectivity index (χ0) is 23.2. The molecule has 9 nitrogen and oxygen atoms in total. The van der Waals surface area contributed by atoms with Gasteiger partial charge in [-0.1, -0.05) is 17.7 Å². The van der Waals surface area contributed by atoms with Crippen LogP contribution in [0.3, 0.4) is 0 Å². The number of anilines is 4. The summed E-state index contributed by atoms with van der Waals surface area (Å²) >= 11 is 0. The van der Waals surface area contributed by atoms with Gasteiger partial charge >= 0.3 is 0 Å². The number of nitrogens with one attached hydrogen (secondary N) is 1. The maximum atomic E-state index is 5.55. The van der Waals surface area contributed by atoms with Crippen molar-refractivity contribution in [1.82, 2.24) is 14.9 Å². The van der Waals surface area contributed by atoms with Crippen molar-refractivity contribution in [3.63, 3.8) is 0 Å². The highest BCUT2D eigenvalue weighted by atomic mass is 16.5. The highest BCUT2D eigenvalue weighted by molar-refractivity contribution is 5.56. The first kappa shape index (κ1) is 23.1. The van der Waals surface area contributed by atoms with Crippen LogP contribution in [0.5, 0.6) is 0 Å². The van der Waals surface area contributed by atoms with E-state index in [0.717, 1.165) is 109 Å². The van der Waals surface area contributed by atoms with Crippen LogP contribution < -0.4 is 20.0 Å². The number of ether oxygens (including phenoxy) is 2. The van der Waals surface area contributed by atoms with Gasteiger partial charge in [0.2, 0.25) is 5.95 Å². The maximum absolute atomic E-state index is 5.55. The van der Waals surface area contributed by atoms with E-state index >= 15 is 0 Å². The molecule has 9 heteroatoms. The van der Waals surface area contributed by atoms with Crippen LogP contribution in [-0.4, -0.2) is 107 Å². The molecule has 34 heavy (non-hydrogen) atoms. The highest BCUT2D eigenvalue weighted by Crippen LogP contribution is 2.24. The van der Waals surface area contributed by atoms with E-state index in [-0.39, 0.29) is 0 Å². The Balaban J connectivity index is 1.26. The van der Waals surface area contributed by atoms with Crippen molar-refractivity contribution in [2.24, 2.45) is 0 Å². The third-order valence-electron chi connectivity index (χ3n) is 6.84. The predicted octanol–water partition coefficient (Wildman–Crippen LogP) is 1.69. The molecule has 0 bridgehead atoms. The van der Waals surface area contributed by atoms with Gasteiger partial charge in [-0.15, -0.1) is 0 Å². The Hall–Kier alpha value is -2.62. The van der Waals surface area contributed by atoms with Gasteiger partial charge in [0, 0.05) is 77.2 Å². The molecule has 3 fully saturated rings. The molecule has 0 aliphatic carbocycles. The second-order valence-corrected chi connectivity index (χ2v) is 9.20. The van der Waals surface area contributed by atoms with Gasteiger partial charge in [0.15, 0.2) is 0 Å². The molecular weight excluding hydrogens is 430 g/mol. The Morgan fingerprint density at radius 3 is 2.12 bits per heavy atom. The van der Waals surface area contributed by atoms with Gasteiger partial charge in [-0.2, -0.15) is 9.97 Å². The minimum Gasteiger partial charge on any atom is -0.379 e. The number of benzene rings is 1. The predicted molar refractivity (Wildman–Crippen MR) is 136 cm³/mol. The number of aryl methyl sites for hydroxylation is 1. The molecule has 3 saturated heterocycles. The van der Waals surface area contributed by atoms with Crippen LogP contribution in [0.2, 0.25) is 0 Å². The fraction of sp³-hybridized carbons (Fsp3) is 0.600. The molecule has 1 aromatic carbocycles. The standard InChI is InChI=1S/C25H37N7O2/c1-21-2-4-22(5-3-21)30-8-10-31(11-9-30)24-20-23(26-6-7-29-12-16-33-17-13-29)27-25(28-24)32-14-18-34-19-15-32/h2-5,20H,6-19H2,1H3,(H,26,27,28). The van der Waals surface area contributed by atoms with Crippen LogP contribution >= 0.6 is 0 Å². The second-order valence-electron chi connectivity index (χ2n) is 9.20. The lowest BCUT2D eigenvalue weighted by molar-refractivity contribution is 0.0398. The van der Waals surface area contributed by atoms with Gasteiger partial charge < -0.3 is 29.5 Å². The molecule has 0 radical (unpaired) electrons. The molecule has 184 valence electrons. The highest BCUT2D eigenvalue weighted by Gasteiger charge is 2.22. The number of rotatable bonds is 7. The molecule has 0 unspecified atom stereocenters. The summed E-state index contributed by atoms with van der Waals surface area (Å²) in [6.45, 7) is 14.6. The SMILES string of the molecule is Cc1ccc(N2CCN(c3cc(NCCN4CCOCC4)nc(N4CCOCC4)n3)CC2)cc1. The summed E-state index contributed by atoms with van der Waals surface area (Å²) < 4.78 is 11.0. The fourth-order valence-electron chi connectivity index (χ4n) is 4.70. The minimum absolute atomic E-state index is 0.725. The van der Waals surface area contributed by atoms with Crippen LogP contribution in [0.4, 0.5) is 23.3 Å². The van der Waals surface area contributed by atoms with Gasteiger partial charge in [0.1, 0.15) is 11.6 Å². The van der Waals surface area contributed by atoms with E-state index in [1.807, 2.05) is 0 Å². The third kappa shape index (κ3) is 5.89. The van der Waals surface area contributed by atoms with E-state index in [1.54, 1.807) is 0 Å². The van der Waals surface area contributed by atoms with E-state index in [4.69, 9.17) is 19.4 Å². The van der Waals surface area contributed by atoms with Crippen molar-refractivity contribution in [3.05, 3.63) is 35.9 Å². The van der Waals surface area contributed by atoms with Gasteiger partial charge in [-0.25, -0.2) is 0 Å². The second kappa shape index (κ2) is 11.2. The summed E-state index contributed by atoms with van der Waals surface area (Å²) in [5.41, 5.74) is 2.60. The molecule has 0 amide bonds. The topological polar surface area (TPSA) is 69.2 Å². The summed E-state index contributed by atoms with van der Waals surface area (Å²) in [5, 5.41) is 3.56. The first-order valence-corrected chi connectivity index (χ1v) is 12.6. The fourth-order valence-corrected chi connectivity index (χ4v) is 4.70. The van der Waals surface area contributed by atoms with E-state index in [1.165, 1.54) is 11.3 Å². The summed E-state index contributed by atoms with van der Waals surface area (Å²) in [7, 11) is 0. The Labute approximate surface area is 202 Å². The van der Waals surface area contributed by atoms with Gasteiger partial charge in [-0.3, -0.25) is 4.90 Å². The number of piperazine rings is 1. The Bertz CT molecular complexity index is 906. The van der Waals surface area contributed by atoms with Crippen molar-refractivity contribution < 1.29 is 9.47 Å². The average Bonchev–Trinajstić information content (AvgIpc) is 2.90. The molecule has 0 saturated carbocycles. The third-order valence-corrected chi connectivity index (χ3v) is 6.84. The van der Waals surface area contributed by atoms with Gasteiger partial charge in [0.25, 0.3) is 0 Å². The van der Waals surface area contributed by atoms with Crippen LogP contribution in [0.1, 0.15) is 5.56 Å². The lowest BCUT2D eigenvalue weighted by Crippen LogP contribution is -2.47. The molecule has 4 heterocycles. The molecule has 1 aromatic heterocycles. The van der Waals surface area contributed by atoms with E-state index in [0.29, 0.717) is 0 Å². The Kier molecular flexibility index (Phi) is 7.62. The Morgan fingerprint density at radius 2 is 1.41 bits per heavy atom. The van der Waals surface area contributed by atoms with Crippen LogP contribution in [0.15, 0.2) is 30.3 Å². The van der Waals surface area contributed by atoms with Crippen LogP contribution in [0.25, 0.3) is 0 Å². The van der Waals surface area contributed by atoms with E-state index < -0.39 is 0 Å². The maximum Gasteiger partial charge on any atom is 0.229 e. The molecule has 0 spiro atoms. The molecule has 0 atom stereocenters. The average molecular weight is 468 g/mol. The largest absolute Gasteiger partial charge is 0.379 e. The quantitative estimate of drug-likeness (QED) is 0.655. The molecule has 1 N–H and O–H groups in total. The van der Waals surface area contributed by atoms with E-state index in [2.05, 4.69) is 62.2 Å². The molecular formula is C25H37N7O2. The Morgan fingerprint density at radius 1 is 0.765 bits per heavy atom. The lowest BCUT2D eigenvalue weighted by Gasteiger charge is -2.37. The van der Waals surface area contributed by atoms with Crippen molar-refractivity contribution >= 4 is 23.3 Å². The number of aromatic nitrogens is 2. The van der Waals surface area contributed by atoms with Crippen molar-refractivity contribution in [2.45, 2.75) is 6.92 Å². The zero-order valence-electron chi connectivity index (χ0n) is 20.3. The first-order chi connectivity index (χ1) is 16.7. The zero-order valence-corrected chi connectivity index (χ0v) is 20.3. The van der Waals surface area contributed by atoms with E-state index in [9.17, 15) is 0 Å². The van der Waals surface area contributed by atoms with Crippen LogP contribution in [-0.2, 0) is 9.47 Å². The lowest BCUT2D eigenvalue weighted by atomic mass is 10.2.